The van der Waals surface area contributed by atoms with Gasteiger partial charge in [-0.1, -0.05) is 12.8 Å². The van der Waals surface area contributed by atoms with Crippen LogP contribution in [0.5, 0.6) is 0 Å². The Balaban J connectivity index is 1.98. The van der Waals surface area contributed by atoms with E-state index in [0.29, 0.717) is 17.8 Å². The monoisotopic (exact) mass is 263 g/mol. The molecule has 1 aromatic rings. The summed E-state index contributed by atoms with van der Waals surface area (Å²) >= 11 is 0. The van der Waals surface area contributed by atoms with Crippen molar-refractivity contribution in [3.63, 3.8) is 0 Å². The van der Waals surface area contributed by atoms with Crippen molar-refractivity contribution >= 4 is 17.3 Å². The Morgan fingerprint density at radius 1 is 1.32 bits per heavy atom. The zero-order valence-electron chi connectivity index (χ0n) is 10.7. The van der Waals surface area contributed by atoms with Gasteiger partial charge < -0.3 is 10.6 Å². The van der Waals surface area contributed by atoms with E-state index in [-0.39, 0.29) is 11.5 Å². The van der Waals surface area contributed by atoms with Crippen LogP contribution in [0, 0.1) is 16.0 Å². The summed E-state index contributed by atoms with van der Waals surface area (Å²) in [6.07, 6.45) is 7.16. The van der Waals surface area contributed by atoms with E-state index in [1.165, 1.54) is 25.6 Å². The molecule has 0 spiro atoms. The molecule has 0 aromatic carbocycles. The van der Waals surface area contributed by atoms with Crippen LogP contribution in [0.3, 0.4) is 0 Å². The number of nitro groups is 1. The van der Waals surface area contributed by atoms with Crippen LogP contribution in [0.25, 0.3) is 0 Å². The van der Waals surface area contributed by atoms with Gasteiger partial charge >= 0.3 is 5.69 Å². The summed E-state index contributed by atoms with van der Waals surface area (Å²) in [5.41, 5.74) is 5.49. The molecule has 0 amide bonds. The minimum atomic E-state index is -0.471. The lowest BCUT2D eigenvalue weighted by molar-refractivity contribution is -0.383. The normalized spacial score (nSPS) is 26.2. The molecule has 1 saturated heterocycles. The lowest BCUT2D eigenvalue weighted by Gasteiger charge is -2.32. The molecule has 2 fully saturated rings. The standard InChI is InChI=1S/C12H17N5O2/c13-11-10(17(18)19)12(15-7-14-11)16-6-5-8-3-1-2-4-9(8)16/h7-9H,1-6H2,(H2,13,14,15). The molecule has 0 radical (unpaired) electrons. The van der Waals surface area contributed by atoms with Crippen molar-refractivity contribution in [2.75, 3.05) is 17.2 Å². The molecule has 1 saturated carbocycles. The van der Waals surface area contributed by atoms with Gasteiger partial charge in [-0.2, -0.15) is 0 Å². The molecule has 7 heteroatoms. The summed E-state index contributed by atoms with van der Waals surface area (Å²) in [7, 11) is 0. The van der Waals surface area contributed by atoms with Crippen molar-refractivity contribution in [3.8, 4) is 0 Å². The molecular weight excluding hydrogens is 246 g/mol. The molecule has 2 heterocycles. The maximum Gasteiger partial charge on any atom is 0.353 e. The van der Waals surface area contributed by atoms with Gasteiger partial charge in [0.25, 0.3) is 0 Å². The summed E-state index contributed by atoms with van der Waals surface area (Å²) in [4.78, 5) is 20.6. The van der Waals surface area contributed by atoms with E-state index in [2.05, 4.69) is 14.9 Å². The highest BCUT2D eigenvalue weighted by atomic mass is 16.6. The number of rotatable bonds is 2. The molecule has 19 heavy (non-hydrogen) atoms. The third-order valence-corrected chi connectivity index (χ3v) is 4.30. The van der Waals surface area contributed by atoms with Gasteiger partial charge in [0, 0.05) is 12.6 Å². The highest BCUT2D eigenvalue weighted by molar-refractivity contribution is 5.69. The van der Waals surface area contributed by atoms with E-state index in [0.717, 1.165) is 19.4 Å². The van der Waals surface area contributed by atoms with Crippen LogP contribution >= 0.6 is 0 Å². The third kappa shape index (κ3) is 1.98. The zero-order valence-corrected chi connectivity index (χ0v) is 10.7. The van der Waals surface area contributed by atoms with E-state index >= 15 is 0 Å². The quantitative estimate of drug-likeness (QED) is 0.644. The predicted octanol–water partition coefficient (Wildman–Crippen LogP) is 1.74. The maximum absolute atomic E-state index is 11.2. The number of anilines is 2. The summed E-state index contributed by atoms with van der Waals surface area (Å²) < 4.78 is 0. The predicted molar refractivity (Wildman–Crippen MR) is 70.8 cm³/mol. The van der Waals surface area contributed by atoms with Gasteiger partial charge in [-0.05, 0) is 25.2 Å². The van der Waals surface area contributed by atoms with Gasteiger partial charge in [-0.15, -0.1) is 0 Å². The molecule has 1 aliphatic heterocycles. The zero-order chi connectivity index (χ0) is 13.4. The van der Waals surface area contributed by atoms with Crippen LogP contribution in [-0.2, 0) is 0 Å². The molecule has 7 nitrogen and oxygen atoms in total. The number of nitrogens with two attached hydrogens (primary N) is 1. The second-order valence-corrected chi connectivity index (χ2v) is 5.28. The summed E-state index contributed by atoms with van der Waals surface area (Å²) in [5.74, 6) is 0.991. The van der Waals surface area contributed by atoms with Gasteiger partial charge in [0.2, 0.25) is 11.6 Å². The first-order valence-corrected chi connectivity index (χ1v) is 6.70. The fraction of sp³-hybridized carbons (Fsp3) is 0.667. The number of fused-ring (bicyclic) bond motifs is 1. The molecule has 2 unspecified atom stereocenters. The molecular formula is C12H17N5O2. The van der Waals surface area contributed by atoms with E-state index in [1.54, 1.807) is 0 Å². The van der Waals surface area contributed by atoms with Gasteiger partial charge in [-0.3, -0.25) is 10.1 Å². The van der Waals surface area contributed by atoms with Crippen molar-refractivity contribution in [1.29, 1.82) is 0 Å². The minimum Gasteiger partial charge on any atom is -0.378 e. The number of aromatic nitrogens is 2. The number of nitrogens with zero attached hydrogens (tertiary/aromatic N) is 4. The first kappa shape index (κ1) is 12.1. The van der Waals surface area contributed by atoms with Crippen LogP contribution in [0.2, 0.25) is 0 Å². The van der Waals surface area contributed by atoms with Crippen LogP contribution < -0.4 is 10.6 Å². The van der Waals surface area contributed by atoms with Crippen LogP contribution in [0.4, 0.5) is 17.3 Å². The fourth-order valence-electron chi connectivity index (χ4n) is 3.44. The Hall–Kier alpha value is -1.92. The molecule has 0 bridgehead atoms. The van der Waals surface area contributed by atoms with Gasteiger partial charge in [0.1, 0.15) is 6.33 Å². The summed E-state index contributed by atoms with van der Waals surface area (Å²) in [6.45, 7) is 0.826. The highest BCUT2D eigenvalue weighted by Gasteiger charge is 2.39. The maximum atomic E-state index is 11.2. The second-order valence-electron chi connectivity index (χ2n) is 5.28. The van der Waals surface area contributed by atoms with Crippen molar-refractivity contribution in [2.45, 2.75) is 38.1 Å². The number of hydrogen-bond acceptors (Lipinski definition) is 6. The molecule has 1 aromatic heterocycles. The Morgan fingerprint density at radius 3 is 2.89 bits per heavy atom. The Morgan fingerprint density at radius 2 is 2.11 bits per heavy atom. The van der Waals surface area contributed by atoms with E-state index in [9.17, 15) is 10.1 Å². The number of nitrogen functional groups attached to an aromatic ring is 1. The van der Waals surface area contributed by atoms with Gasteiger partial charge in [-0.25, -0.2) is 9.97 Å². The molecule has 1 aliphatic carbocycles. The summed E-state index contributed by atoms with van der Waals surface area (Å²) in [5, 5.41) is 11.2. The van der Waals surface area contributed by atoms with Crippen LogP contribution in [0.15, 0.2) is 6.33 Å². The lowest BCUT2D eigenvalue weighted by Crippen LogP contribution is -2.35. The second kappa shape index (κ2) is 4.64. The number of hydrogen-bond donors (Lipinski definition) is 1. The third-order valence-electron chi connectivity index (χ3n) is 4.30. The Kier molecular flexibility index (Phi) is 2.96. The highest BCUT2D eigenvalue weighted by Crippen LogP contribution is 2.41. The topological polar surface area (TPSA) is 98.2 Å². The van der Waals surface area contributed by atoms with Gasteiger partial charge in [0.15, 0.2) is 0 Å². The van der Waals surface area contributed by atoms with Crippen molar-refractivity contribution < 1.29 is 4.92 Å². The SMILES string of the molecule is Nc1ncnc(N2CCC3CCCCC32)c1[N+](=O)[O-]. The molecule has 2 N–H and O–H groups in total. The molecule has 102 valence electrons. The van der Waals surface area contributed by atoms with Crippen LogP contribution in [0.1, 0.15) is 32.1 Å². The largest absolute Gasteiger partial charge is 0.378 e. The average molecular weight is 263 g/mol. The Bertz CT molecular complexity index is 507. The molecule has 2 aliphatic rings. The summed E-state index contributed by atoms with van der Waals surface area (Å²) in [6, 6.07) is 0.377. The fourth-order valence-corrected chi connectivity index (χ4v) is 3.44. The van der Waals surface area contributed by atoms with Crippen molar-refractivity contribution in [1.82, 2.24) is 9.97 Å². The minimum absolute atomic E-state index is 0.0470. The Labute approximate surface area is 111 Å². The lowest BCUT2D eigenvalue weighted by atomic mass is 9.85. The van der Waals surface area contributed by atoms with Crippen LogP contribution in [-0.4, -0.2) is 27.5 Å². The average Bonchev–Trinajstić information content (AvgIpc) is 2.81. The van der Waals surface area contributed by atoms with Gasteiger partial charge in [0.05, 0.1) is 4.92 Å². The smallest absolute Gasteiger partial charge is 0.353 e. The molecule has 2 atom stereocenters. The van der Waals surface area contributed by atoms with E-state index in [4.69, 9.17) is 5.73 Å². The van der Waals surface area contributed by atoms with Crippen molar-refractivity contribution in [3.05, 3.63) is 16.4 Å². The molecule has 3 rings (SSSR count). The van der Waals surface area contributed by atoms with Crippen molar-refractivity contribution in [2.24, 2.45) is 5.92 Å². The first-order chi connectivity index (χ1) is 9.18. The van der Waals surface area contributed by atoms with E-state index in [1.807, 2.05) is 0 Å². The van der Waals surface area contributed by atoms with E-state index < -0.39 is 4.92 Å². The first-order valence-electron chi connectivity index (χ1n) is 6.70.